The molecule has 0 aliphatic heterocycles. The summed E-state index contributed by atoms with van der Waals surface area (Å²) in [4.78, 5) is 2.14. The number of phenolic OH excluding ortho intramolecular Hbond substituents is 1. The van der Waals surface area contributed by atoms with E-state index in [2.05, 4.69) is 68.1 Å². The number of benzene rings is 2. The molecule has 5 rings (SSSR count). The first-order valence-corrected chi connectivity index (χ1v) is 12.1. The maximum Gasteiger partial charge on any atom is 0.131 e. The van der Waals surface area contributed by atoms with Gasteiger partial charge in [0.2, 0.25) is 0 Å². The topological polar surface area (TPSA) is 43.7 Å². The lowest BCUT2D eigenvalue weighted by molar-refractivity contribution is -0.0322. The van der Waals surface area contributed by atoms with Gasteiger partial charge in [-0.05, 0) is 109 Å². The molecule has 2 aromatic carbocycles. The van der Waals surface area contributed by atoms with Gasteiger partial charge in [0.05, 0.1) is 11.7 Å². The zero-order valence-corrected chi connectivity index (χ0v) is 19.7. The summed E-state index contributed by atoms with van der Waals surface area (Å²) in [7, 11) is 4.15. The number of aliphatic hydroxyl groups excluding tert-OH is 1. The molecule has 32 heavy (non-hydrogen) atoms. The fourth-order valence-corrected chi connectivity index (χ4v) is 7.29. The van der Waals surface area contributed by atoms with Crippen LogP contribution in [-0.4, -0.2) is 30.4 Å². The van der Waals surface area contributed by atoms with E-state index in [1.54, 1.807) is 0 Å². The summed E-state index contributed by atoms with van der Waals surface area (Å²) in [5, 5.41) is 21.6. The molecule has 2 N–H and O–H groups in total. The second kappa shape index (κ2) is 7.85. The van der Waals surface area contributed by atoms with Gasteiger partial charge >= 0.3 is 0 Å². The van der Waals surface area contributed by atoms with Gasteiger partial charge in [-0.25, -0.2) is 0 Å². The van der Waals surface area contributed by atoms with Crippen molar-refractivity contribution >= 4 is 5.69 Å². The Morgan fingerprint density at radius 1 is 1.06 bits per heavy atom. The maximum absolute atomic E-state index is 11.0. The molecule has 168 valence electrons. The SMILES string of the molecule is CC#Cc1cc2c(cc1O)CC[C@@H]1[C@@H]2[C@@H](c2ccc(N(C)C)cc2)C[C@]2(C)[C@H](O)CC[C@@H]12. The smallest absolute Gasteiger partial charge is 0.131 e. The summed E-state index contributed by atoms with van der Waals surface area (Å²) >= 11 is 0. The number of hydrogen-bond acceptors (Lipinski definition) is 3. The van der Waals surface area contributed by atoms with Gasteiger partial charge in [-0.15, -0.1) is 5.92 Å². The Morgan fingerprint density at radius 2 is 1.81 bits per heavy atom. The number of anilines is 1. The molecule has 2 fully saturated rings. The van der Waals surface area contributed by atoms with E-state index in [-0.39, 0.29) is 11.5 Å². The lowest BCUT2D eigenvalue weighted by atomic mass is 9.51. The molecule has 2 saturated carbocycles. The molecule has 0 unspecified atom stereocenters. The first-order valence-electron chi connectivity index (χ1n) is 12.1. The van der Waals surface area contributed by atoms with Crippen molar-refractivity contribution in [2.75, 3.05) is 19.0 Å². The largest absolute Gasteiger partial charge is 0.507 e. The molecule has 3 aliphatic rings. The summed E-state index contributed by atoms with van der Waals surface area (Å²) in [5.41, 5.74) is 5.96. The van der Waals surface area contributed by atoms with Gasteiger partial charge in [0.25, 0.3) is 0 Å². The third-order valence-corrected chi connectivity index (χ3v) is 8.89. The van der Waals surface area contributed by atoms with E-state index in [1.807, 2.05) is 13.0 Å². The van der Waals surface area contributed by atoms with Gasteiger partial charge < -0.3 is 15.1 Å². The number of aromatic hydroxyl groups is 1. The van der Waals surface area contributed by atoms with E-state index in [9.17, 15) is 10.2 Å². The number of aliphatic hydroxyl groups is 1. The Bertz CT molecular complexity index is 1080. The van der Waals surface area contributed by atoms with E-state index in [1.165, 1.54) is 22.4 Å². The molecule has 3 heteroatoms. The number of phenols is 1. The van der Waals surface area contributed by atoms with Gasteiger partial charge in [-0.1, -0.05) is 25.0 Å². The Labute approximate surface area is 192 Å². The average Bonchev–Trinajstić information content (AvgIpc) is 3.08. The molecule has 0 bridgehead atoms. The first kappa shape index (κ1) is 21.4. The highest BCUT2D eigenvalue weighted by molar-refractivity contribution is 5.54. The van der Waals surface area contributed by atoms with Crippen LogP contribution in [0.2, 0.25) is 0 Å². The van der Waals surface area contributed by atoms with Gasteiger partial charge in [-0.2, -0.15) is 0 Å². The minimum atomic E-state index is -0.209. The molecule has 0 aromatic heterocycles. The van der Waals surface area contributed by atoms with Crippen LogP contribution in [0.1, 0.15) is 73.6 Å². The number of hydrogen-bond donors (Lipinski definition) is 2. The van der Waals surface area contributed by atoms with Crippen LogP contribution >= 0.6 is 0 Å². The monoisotopic (exact) mass is 429 g/mol. The zero-order chi connectivity index (χ0) is 22.6. The van der Waals surface area contributed by atoms with Crippen molar-refractivity contribution in [3.63, 3.8) is 0 Å². The van der Waals surface area contributed by atoms with Crippen molar-refractivity contribution < 1.29 is 10.2 Å². The van der Waals surface area contributed by atoms with E-state index < -0.39 is 0 Å². The van der Waals surface area contributed by atoms with Crippen molar-refractivity contribution in [1.82, 2.24) is 0 Å². The minimum absolute atomic E-state index is 0.0213. The minimum Gasteiger partial charge on any atom is -0.507 e. The summed E-state index contributed by atoms with van der Waals surface area (Å²) in [6.45, 7) is 4.16. The molecule has 2 aromatic rings. The van der Waals surface area contributed by atoms with Gasteiger partial charge in [-0.3, -0.25) is 0 Å². The summed E-state index contributed by atoms with van der Waals surface area (Å²) in [6.07, 6.45) is 4.98. The van der Waals surface area contributed by atoms with Crippen LogP contribution in [0, 0.1) is 29.1 Å². The van der Waals surface area contributed by atoms with Crippen LogP contribution in [-0.2, 0) is 6.42 Å². The predicted molar refractivity (Wildman–Crippen MR) is 130 cm³/mol. The molecular weight excluding hydrogens is 394 g/mol. The van der Waals surface area contributed by atoms with Crippen LogP contribution < -0.4 is 4.90 Å². The number of fused-ring (bicyclic) bond motifs is 5. The standard InChI is InChI=1S/C29H35NO2/c1-5-6-20-15-23-19(16-26(20)31)9-12-22-25-13-14-27(32)29(25,2)17-24(28(22)23)18-7-10-21(11-8-18)30(3)4/h7-8,10-11,15-16,22,24-25,27-28,31-32H,9,12-14,17H2,1-4H3/t22-,24+,25-,27+,28-,29-/m0/s1. The second-order valence-corrected chi connectivity index (χ2v) is 10.7. The molecule has 0 amide bonds. The van der Waals surface area contributed by atoms with Gasteiger partial charge in [0.1, 0.15) is 5.75 Å². The molecule has 0 spiro atoms. The lowest BCUT2D eigenvalue weighted by Gasteiger charge is -2.54. The maximum atomic E-state index is 11.0. The van der Waals surface area contributed by atoms with Crippen molar-refractivity contribution in [3.05, 3.63) is 58.7 Å². The fraction of sp³-hybridized carbons (Fsp3) is 0.517. The highest BCUT2D eigenvalue weighted by Gasteiger charge is 2.57. The van der Waals surface area contributed by atoms with Crippen molar-refractivity contribution in [2.45, 2.75) is 63.9 Å². The predicted octanol–water partition coefficient (Wildman–Crippen LogP) is 5.44. The fourth-order valence-electron chi connectivity index (χ4n) is 7.29. The number of rotatable bonds is 2. The highest BCUT2D eigenvalue weighted by Crippen LogP contribution is 2.65. The van der Waals surface area contributed by atoms with Crippen molar-refractivity contribution in [2.24, 2.45) is 17.3 Å². The molecule has 0 heterocycles. The normalized spacial score (nSPS) is 32.8. The van der Waals surface area contributed by atoms with E-state index in [0.29, 0.717) is 29.4 Å². The lowest BCUT2D eigenvalue weighted by Crippen LogP contribution is -2.47. The third kappa shape index (κ3) is 3.23. The van der Waals surface area contributed by atoms with E-state index in [4.69, 9.17) is 0 Å². The average molecular weight is 430 g/mol. The Balaban J connectivity index is 1.65. The van der Waals surface area contributed by atoms with Crippen LogP contribution in [0.5, 0.6) is 5.75 Å². The summed E-state index contributed by atoms with van der Waals surface area (Å²) in [6, 6.07) is 13.2. The second-order valence-electron chi connectivity index (χ2n) is 10.7. The van der Waals surface area contributed by atoms with Crippen LogP contribution in [0.25, 0.3) is 0 Å². The summed E-state index contributed by atoms with van der Waals surface area (Å²) < 4.78 is 0. The van der Waals surface area contributed by atoms with Gasteiger partial charge in [0, 0.05) is 19.8 Å². The molecule has 0 radical (unpaired) electrons. The molecule has 6 atom stereocenters. The van der Waals surface area contributed by atoms with Crippen molar-refractivity contribution in [3.8, 4) is 17.6 Å². The van der Waals surface area contributed by atoms with E-state index >= 15 is 0 Å². The molecule has 3 nitrogen and oxygen atoms in total. The Morgan fingerprint density at radius 3 is 2.50 bits per heavy atom. The number of nitrogens with zero attached hydrogens (tertiary/aromatic N) is 1. The highest BCUT2D eigenvalue weighted by atomic mass is 16.3. The van der Waals surface area contributed by atoms with Crippen LogP contribution in [0.4, 0.5) is 5.69 Å². The molecule has 3 aliphatic carbocycles. The Kier molecular flexibility index (Phi) is 5.25. The summed E-state index contributed by atoms with van der Waals surface area (Å²) in [5.74, 6) is 8.26. The van der Waals surface area contributed by atoms with E-state index in [0.717, 1.165) is 37.7 Å². The number of aryl methyl sites for hydroxylation is 1. The molecular formula is C29H35NO2. The third-order valence-electron chi connectivity index (χ3n) is 8.89. The van der Waals surface area contributed by atoms with Gasteiger partial charge in [0.15, 0.2) is 0 Å². The Hall–Kier alpha value is -2.44. The first-order chi connectivity index (χ1) is 15.3. The quantitative estimate of drug-likeness (QED) is 0.625. The van der Waals surface area contributed by atoms with Crippen LogP contribution in [0.3, 0.4) is 0 Å². The zero-order valence-electron chi connectivity index (χ0n) is 19.7. The van der Waals surface area contributed by atoms with Crippen molar-refractivity contribution in [1.29, 1.82) is 0 Å². The molecule has 0 saturated heterocycles. The van der Waals surface area contributed by atoms with Crippen LogP contribution in [0.15, 0.2) is 36.4 Å².